The molecule has 1 fully saturated rings. The average molecular weight is 251 g/mol. The van der Waals surface area contributed by atoms with Gasteiger partial charge in [0.25, 0.3) is 0 Å². The molecular formula is C14H25N3O. The maximum Gasteiger partial charge on any atom is 0.0779 e. The van der Waals surface area contributed by atoms with Gasteiger partial charge in [-0.1, -0.05) is 6.92 Å². The molecule has 0 amide bonds. The molecule has 0 radical (unpaired) electrons. The van der Waals surface area contributed by atoms with E-state index in [0.29, 0.717) is 6.10 Å². The van der Waals surface area contributed by atoms with Crippen LogP contribution < -0.4 is 5.32 Å². The summed E-state index contributed by atoms with van der Waals surface area (Å²) in [6, 6.07) is 0. The molecule has 1 aromatic heterocycles. The second kappa shape index (κ2) is 5.41. The van der Waals surface area contributed by atoms with Crippen LogP contribution in [0, 0.1) is 6.92 Å². The van der Waals surface area contributed by atoms with Crippen LogP contribution in [0.3, 0.4) is 0 Å². The number of ether oxygens (including phenoxy) is 1. The van der Waals surface area contributed by atoms with Crippen LogP contribution in [0.25, 0.3) is 0 Å². The summed E-state index contributed by atoms with van der Waals surface area (Å²) < 4.78 is 8.04. The molecule has 0 aromatic carbocycles. The Bertz CT molecular complexity index is 398. The van der Waals surface area contributed by atoms with Crippen molar-refractivity contribution in [1.82, 2.24) is 15.1 Å². The molecule has 1 aromatic rings. The van der Waals surface area contributed by atoms with Gasteiger partial charge in [-0.3, -0.25) is 4.68 Å². The highest BCUT2D eigenvalue weighted by atomic mass is 16.5. The maximum absolute atomic E-state index is 6.01. The summed E-state index contributed by atoms with van der Waals surface area (Å²) in [5.41, 5.74) is 2.45. The van der Waals surface area contributed by atoms with Crippen molar-refractivity contribution < 1.29 is 4.74 Å². The van der Waals surface area contributed by atoms with E-state index < -0.39 is 0 Å². The number of nitrogens with zero attached hydrogens (tertiary/aromatic N) is 2. The van der Waals surface area contributed by atoms with Gasteiger partial charge in [0, 0.05) is 18.3 Å². The van der Waals surface area contributed by atoms with Gasteiger partial charge in [-0.2, -0.15) is 5.10 Å². The number of hydrogen-bond donors (Lipinski definition) is 1. The van der Waals surface area contributed by atoms with Gasteiger partial charge in [0.15, 0.2) is 0 Å². The zero-order chi connectivity index (χ0) is 13.2. The van der Waals surface area contributed by atoms with Gasteiger partial charge >= 0.3 is 0 Å². The van der Waals surface area contributed by atoms with E-state index in [2.05, 4.69) is 44.3 Å². The molecule has 1 atom stereocenters. The molecule has 18 heavy (non-hydrogen) atoms. The van der Waals surface area contributed by atoms with Crippen molar-refractivity contribution in [3.8, 4) is 0 Å². The molecule has 2 heterocycles. The second-order valence-electron chi connectivity index (χ2n) is 5.78. The quantitative estimate of drug-likeness (QED) is 0.872. The first-order chi connectivity index (χ1) is 8.50. The largest absolute Gasteiger partial charge is 0.370 e. The fourth-order valence-corrected chi connectivity index (χ4v) is 2.50. The standard InChI is InChI=1S/C14H25N3O/c1-5-15-8-12-9-17(16-11(12)2)10-13-6-7-14(3,4)18-13/h9,13,15H,5-8,10H2,1-4H3. The number of nitrogens with one attached hydrogen (secondary N) is 1. The lowest BCUT2D eigenvalue weighted by atomic mass is 10.1. The SMILES string of the molecule is CCNCc1cn(CC2CCC(C)(C)O2)nc1C. The Labute approximate surface area is 110 Å². The van der Waals surface area contributed by atoms with Crippen molar-refractivity contribution in [3.63, 3.8) is 0 Å². The van der Waals surface area contributed by atoms with Crippen LogP contribution in [0.5, 0.6) is 0 Å². The third kappa shape index (κ3) is 3.33. The van der Waals surface area contributed by atoms with E-state index >= 15 is 0 Å². The average Bonchev–Trinajstić information content (AvgIpc) is 2.80. The van der Waals surface area contributed by atoms with Crippen molar-refractivity contribution in [2.24, 2.45) is 0 Å². The monoisotopic (exact) mass is 251 g/mol. The molecule has 0 saturated carbocycles. The van der Waals surface area contributed by atoms with E-state index in [1.165, 1.54) is 5.56 Å². The molecule has 4 heteroatoms. The summed E-state index contributed by atoms with van der Waals surface area (Å²) >= 11 is 0. The maximum atomic E-state index is 6.01. The summed E-state index contributed by atoms with van der Waals surface area (Å²) in [7, 11) is 0. The van der Waals surface area contributed by atoms with E-state index in [0.717, 1.165) is 38.2 Å². The Morgan fingerprint density at radius 3 is 2.94 bits per heavy atom. The second-order valence-corrected chi connectivity index (χ2v) is 5.78. The lowest BCUT2D eigenvalue weighted by molar-refractivity contribution is -0.0230. The molecule has 0 bridgehead atoms. The van der Waals surface area contributed by atoms with Crippen molar-refractivity contribution in [3.05, 3.63) is 17.5 Å². The number of aromatic nitrogens is 2. The molecule has 1 aliphatic rings. The van der Waals surface area contributed by atoms with Crippen LogP contribution >= 0.6 is 0 Å². The highest BCUT2D eigenvalue weighted by Gasteiger charge is 2.31. The fraction of sp³-hybridized carbons (Fsp3) is 0.786. The first-order valence-corrected chi connectivity index (χ1v) is 6.91. The van der Waals surface area contributed by atoms with Gasteiger partial charge in [0.1, 0.15) is 0 Å². The van der Waals surface area contributed by atoms with E-state index in [9.17, 15) is 0 Å². The Morgan fingerprint density at radius 1 is 1.56 bits per heavy atom. The Kier molecular flexibility index (Phi) is 4.07. The number of rotatable bonds is 5. The predicted octanol–water partition coefficient (Wildman–Crippen LogP) is 2.26. The molecule has 1 aliphatic heterocycles. The third-order valence-electron chi connectivity index (χ3n) is 3.56. The molecule has 102 valence electrons. The summed E-state index contributed by atoms with van der Waals surface area (Å²) in [4.78, 5) is 0. The van der Waals surface area contributed by atoms with Crippen molar-refractivity contribution in [1.29, 1.82) is 0 Å². The van der Waals surface area contributed by atoms with Crippen LogP contribution in [-0.2, 0) is 17.8 Å². The molecule has 0 aliphatic carbocycles. The molecule has 4 nitrogen and oxygen atoms in total. The fourth-order valence-electron chi connectivity index (χ4n) is 2.50. The Hall–Kier alpha value is -0.870. The van der Waals surface area contributed by atoms with Gasteiger partial charge < -0.3 is 10.1 Å². The summed E-state index contributed by atoms with van der Waals surface area (Å²) in [6.07, 6.45) is 4.73. The predicted molar refractivity (Wildman–Crippen MR) is 72.5 cm³/mol. The Balaban J connectivity index is 1.94. The minimum atomic E-state index is 0.0411. The van der Waals surface area contributed by atoms with Crippen LogP contribution in [0.15, 0.2) is 6.20 Å². The molecule has 1 unspecified atom stereocenters. The minimum absolute atomic E-state index is 0.0411. The van der Waals surface area contributed by atoms with E-state index in [1.54, 1.807) is 0 Å². The summed E-state index contributed by atoms with van der Waals surface area (Å²) in [5, 5.41) is 7.91. The van der Waals surface area contributed by atoms with Gasteiger partial charge in [0.05, 0.1) is 23.9 Å². The highest BCUT2D eigenvalue weighted by molar-refractivity contribution is 5.15. The summed E-state index contributed by atoms with van der Waals surface area (Å²) in [5.74, 6) is 0. The van der Waals surface area contributed by atoms with Gasteiger partial charge in [-0.15, -0.1) is 0 Å². The normalized spacial score (nSPS) is 22.6. The topological polar surface area (TPSA) is 39.1 Å². The van der Waals surface area contributed by atoms with Gasteiger partial charge in [-0.05, 0) is 40.2 Å². The minimum Gasteiger partial charge on any atom is -0.370 e. The van der Waals surface area contributed by atoms with Crippen LogP contribution in [-0.4, -0.2) is 28.0 Å². The molecule has 1 saturated heterocycles. The molecule has 0 spiro atoms. The summed E-state index contributed by atoms with van der Waals surface area (Å²) in [6.45, 7) is 11.3. The van der Waals surface area contributed by atoms with Crippen LogP contribution in [0.1, 0.15) is 44.9 Å². The van der Waals surface area contributed by atoms with Crippen LogP contribution in [0.2, 0.25) is 0 Å². The van der Waals surface area contributed by atoms with Crippen molar-refractivity contribution in [2.75, 3.05) is 6.54 Å². The van der Waals surface area contributed by atoms with E-state index in [-0.39, 0.29) is 5.60 Å². The Morgan fingerprint density at radius 2 is 2.33 bits per heavy atom. The third-order valence-corrected chi connectivity index (χ3v) is 3.56. The van der Waals surface area contributed by atoms with Crippen molar-refractivity contribution >= 4 is 0 Å². The first-order valence-electron chi connectivity index (χ1n) is 6.91. The smallest absolute Gasteiger partial charge is 0.0779 e. The van der Waals surface area contributed by atoms with E-state index in [4.69, 9.17) is 4.74 Å². The van der Waals surface area contributed by atoms with Crippen LogP contribution in [0.4, 0.5) is 0 Å². The number of hydrogen-bond acceptors (Lipinski definition) is 3. The zero-order valence-corrected chi connectivity index (χ0v) is 12.0. The molecule has 2 rings (SSSR count). The highest BCUT2D eigenvalue weighted by Crippen LogP contribution is 2.30. The van der Waals surface area contributed by atoms with E-state index in [1.807, 2.05) is 4.68 Å². The lowest BCUT2D eigenvalue weighted by Crippen LogP contribution is -2.23. The van der Waals surface area contributed by atoms with Gasteiger partial charge in [0.2, 0.25) is 0 Å². The number of aryl methyl sites for hydroxylation is 1. The molecular weight excluding hydrogens is 226 g/mol. The van der Waals surface area contributed by atoms with Crippen molar-refractivity contribution in [2.45, 2.75) is 65.3 Å². The van der Waals surface area contributed by atoms with Gasteiger partial charge in [-0.25, -0.2) is 0 Å². The lowest BCUT2D eigenvalue weighted by Gasteiger charge is -2.19. The zero-order valence-electron chi connectivity index (χ0n) is 12.0. The molecule has 1 N–H and O–H groups in total. The first kappa shape index (κ1) is 13.6.